The molecule has 0 amide bonds. The van der Waals surface area contributed by atoms with Gasteiger partial charge in [-0.15, -0.1) is 0 Å². The molecule has 1 aliphatic heterocycles. The molecule has 104 valence electrons. The van der Waals surface area contributed by atoms with Gasteiger partial charge in [0, 0.05) is 19.1 Å². The van der Waals surface area contributed by atoms with Crippen molar-refractivity contribution in [2.45, 2.75) is 51.1 Å². The third kappa shape index (κ3) is 3.37. The van der Waals surface area contributed by atoms with Gasteiger partial charge in [-0.25, -0.2) is 0 Å². The molecular weight excluding hydrogens is 232 g/mol. The second kappa shape index (κ2) is 6.06. The van der Waals surface area contributed by atoms with E-state index in [2.05, 4.69) is 29.2 Å². The first kappa shape index (κ1) is 13.1. The summed E-state index contributed by atoms with van der Waals surface area (Å²) in [5.74, 6) is 0.828. The molecule has 0 spiro atoms. The lowest BCUT2D eigenvalue weighted by molar-refractivity contribution is 0.188. The van der Waals surface area contributed by atoms with Gasteiger partial charge in [0.2, 0.25) is 0 Å². The molecule has 1 saturated carbocycles. The lowest BCUT2D eigenvalue weighted by Gasteiger charge is -2.31. The summed E-state index contributed by atoms with van der Waals surface area (Å²) in [6, 6.07) is 9.42. The average molecular weight is 258 g/mol. The zero-order valence-corrected chi connectivity index (χ0v) is 11.9. The Morgan fingerprint density at radius 2 is 1.95 bits per heavy atom. The molecule has 2 unspecified atom stereocenters. The van der Waals surface area contributed by atoms with Gasteiger partial charge in [-0.2, -0.15) is 0 Å². The molecule has 1 aliphatic carbocycles. The van der Waals surface area contributed by atoms with Crippen LogP contribution in [-0.4, -0.2) is 24.0 Å². The molecule has 2 atom stereocenters. The largest absolute Gasteiger partial charge is 0.328 e. The summed E-state index contributed by atoms with van der Waals surface area (Å²) >= 11 is 0. The first-order valence-electron chi connectivity index (χ1n) is 7.86. The predicted octanol–water partition coefficient (Wildman–Crippen LogP) is 2.95. The maximum Gasteiger partial charge on any atom is 0.0236 e. The summed E-state index contributed by atoms with van der Waals surface area (Å²) in [5, 5.41) is 0. The summed E-state index contributed by atoms with van der Waals surface area (Å²) in [7, 11) is 0. The summed E-state index contributed by atoms with van der Waals surface area (Å²) < 4.78 is 0. The van der Waals surface area contributed by atoms with E-state index in [1.165, 1.54) is 51.6 Å². The maximum absolute atomic E-state index is 6.12. The highest BCUT2D eigenvalue weighted by atomic mass is 15.1. The molecule has 2 N–H and O–H groups in total. The van der Waals surface area contributed by atoms with Crippen molar-refractivity contribution in [3.63, 3.8) is 0 Å². The van der Waals surface area contributed by atoms with Crippen LogP contribution >= 0.6 is 0 Å². The number of fused-ring (bicyclic) bond motifs is 1. The third-order valence-corrected chi connectivity index (χ3v) is 4.77. The van der Waals surface area contributed by atoms with Crippen LogP contribution in [-0.2, 0) is 13.0 Å². The van der Waals surface area contributed by atoms with E-state index < -0.39 is 0 Å². The van der Waals surface area contributed by atoms with Gasteiger partial charge in [0.25, 0.3) is 0 Å². The standard InChI is InChI=1S/C17H26N2/c18-17-9-3-5-14(11-17)12-19-10-4-8-15-6-1-2-7-16(15)13-19/h1-2,6-7,14,17H,3-5,8-13,18H2. The quantitative estimate of drug-likeness (QED) is 0.883. The van der Waals surface area contributed by atoms with Crippen LogP contribution < -0.4 is 5.73 Å². The number of aryl methyl sites for hydroxylation is 1. The van der Waals surface area contributed by atoms with Crippen LogP contribution in [0.5, 0.6) is 0 Å². The fourth-order valence-corrected chi connectivity index (χ4v) is 3.79. The minimum Gasteiger partial charge on any atom is -0.328 e. The Hall–Kier alpha value is -0.860. The van der Waals surface area contributed by atoms with E-state index in [4.69, 9.17) is 5.73 Å². The fraction of sp³-hybridized carbons (Fsp3) is 0.647. The van der Waals surface area contributed by atoms with E-state index in [9.17, 15) is 0 Å². The third-order valence-electron chi connectivity index (χ3n) is 4.77. The van der Waals surface area contributed by atoms with E-state index >= 15 is 0 Å². The van der Waals surface area contributed by atoms with Gasteiger partial charge in [-0.3, -0.25) is 4.90 Å². The Morgan fingerprint density at radius 3 is 2.79 bits per heavy atom. The van der Waals surface area contributed by atoms with Gasteiger partial charge in [0.1, 0.15) is 0 Å². The van der Waals surface area contributed by atoms with E-state index in [-0.39, 0.29) is 0 Å². The number of nitrogens with two attached hydrogens (primary N) is 1. The Morgan fingerprint density at radius 1 is 1.11 bits per heavy atom. The smallest absolute Gasteiger partial charge is 0.0236 e. The zero-order chi connectivity index (χ0) is 13.1. The van der Waals surface area contributed by atoms with Crippen LogP contribution in [0.2, 0.25) is 0 Å². The van der Waals surface area contributed by atoms with E-state index in [0.717, 1.165) is 12.5 Å². The van der Waals surface area contributed by atoms with Crippen molar-refractivity contribution in [1.82, 2.24) is 4.90 Å². The van der Waals surface area contributed by atoms with Gasteiger partial charge in [0.15, 0.2) is 0 Å². The van der Waals surface area contributed by atoms with Crippen molar-refractivity contribution in [2.75, 3.05) is 13.1 Å². The lowest BCUT2D eigenvalue weighted by atomic mass is 9.86. The van der Waals surface area contributed by atoms with Crippen LogP contribution in [0.15, 0.2) is 24.3 Å². The van der Waals surface area contributed by atoms with Gasteiger partial charge < -0.3 is 5.73 Å². The Kier molecular flexibility index (Phi) is 4.19. The molecule has 0 aromatic heterocycles. The Balaban J connectivity index is 1.63. The summed E-state index contributed by atoms with van der Waals surface area (Å²) in [5.41, 5.74) is 9.22. The number of hydrogen-bond acceptors (Lipinski definition) is 2. The monoisotopic (exact) mass is 258 g/mol. The van der Waals surface area contributed by atoms with Crippen molar-refractivity contribution >= 4 is 0 Å². The second-order valence-electron chi connectivity index (χ2n) is 6.40. The average Bonchev–Trinajstić information content (AvgIpc) is 2.60. The second-order valence-corrected chi connectivity index (χ2v) is 6.40. The molecule has 3 rings (SSSR count). The Labute approximate surface area is 117 Å². The molecule has 0 saturated heterocycles. The van der Waals surface area contributed by atoms with Crippen molar-refractivity contribution in [3.05, 3.63) is 35.4 Å². The highest BCUT2D eigenvalue weighted by molar-refractivity contribution is 5.28. The SMILES string of the molecule is NC1CCCC(CN2CCCc3ccccc3C2)C1. The van der Waals surface area contributed by atoms with Crippen molar-refractivity contribution in [1.29, 1.82) is 0 Å². The molecule has 1 aromatic carbocycles. The molecule has 0 bridgehead atoms. The first-order chi connectivity index (χ1) is 9.31. The molecule has 1 aromatic rings. The molecule has 2 nitrogen and oxygen atoms in total. The van der Waals surface area contributed by atoms with Crippen molar-refractivity contribution in [2.24, 2.45) is 11.7 Å². The zero-order valence-electron chi connectivity index (χ0n) is 11.9. The molecular formula is C17H26N2. The molecule has 19 heavy (non-hydrogen) atoms. The molecule has 1 heterocycles. The molecule has 0 radical (unpaired) electrons. The molecule has 2 heteroatoms. The first-order valence-corrected chi connectivity index (χ1v) is 7.86. The summed E-state index contributed by atoms with van der Waals surface area (Å²) in [4.78, 5) is 2.66. The normalized spacial score (nSPS) is 28.7. The summed E-state index contributed by atoms with van der Waals surface area (Å²) in [6.07, 6.45) is 7.73. The molecule has 2 aliphatic rings. The van der Waals surface area contributed by atoms with Crippen molar-refractivity contribution in [3.8, 4) is 0 Å². The highest BCUT2D eigenvalue weighted by Gasteiger charge is 2.22. The number of rotatable bonds is 2. The van der Waals surface area contributed by atoms with Crippen LogP contribution in [0.1, 0.15) is 43.2 Å². The number of nitrogens with zero attached hydrogens (tertiary/aromatic N) is 1. The van der Waals surface area contributed by atoms with Gasteiger partial charge >= 0.3 is 0 Å². The van der Waals surface area contributed by atoms with Crippen molar-refractivity contribution < 1.29 is 0 Å². The number of hydrogen-bond donors (Lipinski definition) is 1. The van der Waals surface area contributed by atoms with E-state index in [1.54, 1.807) is 11.1 Å². The summed E-state index contributed by atoms with van der Waals surface area (Å²) in [6.45, 7) is 3.64. The number of benzene rings is 1. The lowest BCUT2D eigenvalue weighted by Crippen LogP contribution is -2.35. The fourth-order valence-electron chi connectivity index (χ4n) is 3.79. The van der Waals surface area contributed by atoms with E-state index in [1.807, 2.05) is 0 Å². The topological polar surface area (TPSA) is 29.3 Å². The van der Waals surface area contributed by atoms with E-state index in [0.29, 0.717) is 6.04 Å². The van der Waals surface area contributed by atoms with Crippen LogP contribution in [0.4, 0.5) is 0 Å². The van der Waals surface area contributed by atoms with Crippen LogP contribution in [0, 0.1) is 5.92 Å². The highest BCUT2D eigenvalue weighted by Crippen LogP contribution is 2.26. The Bertz CT molecular complexity index is 415. The van der Waals surface area contributed by atoms with Gasteiger partial charge in [-0.1, -0.05) is 30.7 Å². The van der Waals surface area contributed by atoms with Gasteiger partial charge in [0.05, 0.1) is 0 Å². The van der Waals surface area contributed by atoms with Gasteiger partial charge in [-0.05, 0) is 55.7 Å². The predicted molar refractivity (Wildman–Crippen MR) is 80.0 cm³/mol. The van der Waals surface area contributed by atoms with Crippen LogP contribution in [0.25, 0.3) is 0 Å². The minimum atomic E-state index is 0.456. The minimum absolute atomic E-state index is 0.456. The molecule has 1 fully saturated rings. The van der Waals surface area contributed by atoms with Crippen LogP contribution in [0.3, 0.4) is 0 Å². The maximum atomic E-state index is 6.12.